The van der Waals surface area contributed by atoms with Gasteiger partial charge >= 0.3 is 0 Å². The van der Waals surface area contributed by atoms with E-state index in [0.717, 1.165) is 22.3 Å². The summed E-state index contributed by atoms with van der Waals surface area (Å²) < 4.78 is 2.80. The Bertz CT molecular complexity index is 531. The zero-order valence-electron chi connectivity index (χ0n) is 11.2. The van der Waals surface area contributed by atoms with Gasteiger partial charge in [-0.25, -0.2) is 4.68 Å². The van der Waals surface area contributed by atoms with Crippen LogP contribution in [0.1, 0.15) is 39.2 Å². The molecule has 0 aliphatic rings. The Morgan fingerprint density at radius 2 is 2.16 bits per heavy atom. The van der Waals surface area contributed by atoms with Gasteiger partial charge in [-0.3, -0.25) is 0 Å². The number of halogens is 1. The molecule has 102 valence electrons. The van der Waals surface area contributed by atoms with Crippen LogP contribution in [0.5, 0.6) is 0 Å². The van der Waals surface area contributed by atoms with E-state index >= 15 is 0 Å². The van der Waals surface area contributed by atoms with Gasteiger partial charge in [-0.05, 0) is 42.0 Å². The molecular weight excluding hydrogens is 306 g/mol. The van der Waals surface area contributed by atoms with E-state index in [0.29, 0.717) is 5.69 Å². The number of tetrazole rings is 1. The van der Waals surface area contributed by atoms with Crippen LogP contribution in [0.2, 0.25) is 0 Å². The average Bonchev–Trinajstić information content (AvgIpc) is 2.84. The van der Waals surface area contributed by atoms with Gasteiger partial charge in [0, 0.05) is 15.7 Å². The predicted octanol–water partition coefficient (Wildman–Crippen LogP) is 3.44. The molecule has 2 aromatic rings. The summed E-state index contributed by atoms with van der Waals surface area (Å²) in [4.78, 5) is 0. The SMILES string of the molecule is CCCCC(C)n1nnnc1-c1cc(N)cc(Br)c1. The van der Waals surface area contributed by atoms with E-state index in [4.69, 9.17) is 5.73 Å². The van der Waals surface area contributed by atoms with E-state index < -0.39 is 0 Å². The summed E-state index contributed by atoms with van der Waals surface area (Å²) in [6.45, 7) is 4.32. The van der Waals surface area contributed by atoms with E-state index in [9.17, 15) is 0 Å². The quantitative estimate of drug-likeness (QED) is 0.856. The lowest BCUT2D eigenvalue weighted by atomic mass is 10.1. The highest BCUT2D eigenvalue weighted by atomic mass is 79.9. The molecule has 6 heteroatoms. The van der Waals surface area contributed by atoms with Crippen LogP contribution in [0.15, 0.2) is 22.7 Å². The minimum Gasteiger partial charge on any atom is -0.399 e. The molecule has 0 bridgehead atoms. The number of nitrogens with two attached hydrogens (primary N) is 1. The highest BCUT2D eigenvalue weighted by Crippen LogP contribution is 2.26. The second-order valence-electron chi connectivity index (χ2n) is 4.71. The second kappa shape index (κ2) is 6.14. The minimum absolute atomic E-state index is 0.283. The van der Waals surface area contributed by atoms with Gasteiger partial charge in [0.25, 0.3) is 0 Å². The zero-order chi connectivity index (χ0) is 13.8. The Morgan fingerprint density at radius 1 is 1.37 bits per heavy atom. The second-order valence-corrected chi connectivity index (χ2v) is 5.63. The normalized spacial score (nSPS) is 12.6. The molecule has 2 rings (SSSR count). The van der Waals surface area contributed by atoms with Crippen LogP contribution in [-0.4, -0.2) is 20.2 Å². The van der Waals surface area contributed by atoms with Crippen molar-refractivity contribution in [2.24, 2.45) is 0 Å². The van der Waals surface area contributed by atoms with Crippen molar-refractivity contribution >= 4 is 21.6 Å². The van der Waals surface area contributed by atoms with Crippen LogP contribution in [0.25, 0.3) is 11.4 Å². The molecule has 1 aromatic carbocycles. The van der Waals surface area contributed by atoms with Crippen LogP contribution in [0.4, 0.5) is 5.69 Å². The molecule has 0 saturated heterocycles. The Kier molecular flexibility index (Phi) is 4.52. The lowest BCUT2D eigenvalue weighted by molar-refractivity contribution is 0.437. The number of anilines is 1. The number of rotatable bonds is 5. The maximum atomic E-state index is 5.86. The molecule has 1 heterocycles. The molecule has 19 heavy (non-hydrogen) atoms. The zero-order valence-corrected chi connectivity index (χ0v) is 12.8. The van der Waals surface area contributed by atoms with Crippen molar-refractivity contribution in [3.8, 4) is 11.4 Å². The summed E-state index contributed by atoms with van der Waals surface area (Å²) in [6, 6.07) is 6.01. The summed E-state index contributed by atoms with van der Waals surface area (Å²) in [5.41, 5.74) is 7.49. The number of hydrogen-bond donors (Lipinski definition) is 1. The fourth-order valence-electron chi connectivity index (χ4n) is 2.04. The monoisotopic (exact) mass is 323 g/mol. The summed E-state index contributed by atoms with van der Waals surface area (Å²) in [6.07, 6.45) is 3.41. The molecule has 0 aliphatic carbocycles. The van der Waals surface area contributed by atoms with Gasteiger partial charge in [-0.1, -0.05) is 35.7 Å². The maximum Gasteiger partial charge on any atom is 0.182 e. The van der Waals surface area contributed by atoms with Crippen LogP contribution in [0.3, 0.4) is 0 Å². The van der Waals surface area contributed by atoms with Crippen molar-refractivity contribution in [2.45, 2.75) is 39.2 Å². The largest absolute Gasteiger partial charge is 0.399 e. The number of nitrogen functional groups attached to an aromatic ring is 1. The predicted molar refractivity (Wildman–Crippen MR) is 79.6 cm³/mol. The van der Waals surface area contributed by atoms with Crippen LogP contribution >= 0.6 is 15.9 Å². The van der Waals surface area contributed by atoms with Gasteiger partial charge in [0.1, 0.15) is 0 Å². The molecule has 1 aromatic heterocycles. The van der Waals surface area contributed by atoms with Crippen molar-refractivity contribution < 1.29 is 0 Å². The lowest BCUT2D eigenvalue weighted by Gasteiger charge is -2.13. The van der Waals surface area contributed by atoms with Crippen LogP contribution in [0, 0.1) is 0 Å². The number of unbranched alkanes of at least 4 members (excludes halogenated alkanes) is 1. The molecule has 0 aliphatic heterocycles. The third-order valence-electron chi connectivity index (χ3n) is 3.06. The van der Waals surface area contributed by atoms with Crippen molar-refractivity contribution in [3.05, 3.63) is 22.7 Å². The van der Waals surface area contributed by atoms with E-state index in [1.165, 1.54) is 12.8 Å². The smallest absolute Gasteiger partial charge is 0.182 e. The van der Waals surface area contributed by atoms with Gasteiger partial charge in [-0.15, -0.1) is 5.10 Å². The summed E-state index contributed by atoms with van der Waals surface area (Å²) in [5, 5.41) is 12.0. The number of benzene rings is 1. The summed E-state index contributed by atoms with van der Waals surface area (Å²) >= 11 is 3.44. The molecule has 5 nitrogen and oxygen atoms in total. The maximum absolute atomic E-state index is 5.86. The molecule has 1 unspecified atom stereocenters. The molecule has 0 radical (unpaired) electrons. The first-order valence-electron chi connectivity index (χ1n) is 6.46. The van der Waals surface area contributed by atoms with Crippen LogP contribution < -0.4 is 5.73 Å². The Labute approximate surface area is 121 Å². The van der Waals surface area contributed by atoms with Gasteiger partial charge in [0.05, 0.1) is 6.04 Å². The van der Waals surface area contributed by atoms with Gasteiger partial charge < -0.3 is 5.73 Å². The first-order valence-corrected chi connectivity index (χ1v) is 7.25. The van der Waals surface area contributed by atoms with E-state index in [1.807, 2.05) is 22.9 Å². The molecule has 0 fully saturated rings. The average molecular weight is 324 g/mol. The highest BCUT2D eigenvalue weighted by molar-refractivity contribution is 9.10. The number of nitrogens with zero attached hydrogens (tertiary/aromatic N) is 4. The molecule has 0 spiro atoms. The van der Waals surface area contributed by atoms with Crippen molar-refractivity contribution in [1.82, 2.24) is 20.2 Å². The molecule has 2 N–H and O–H groups in total. The summed E-state index contributed by atoms with van der Waals surface area (Å²) in [7, 11) is 0. The van der Waals surface area contributed by atoms with E-state index in [1.54, 1.807) is 0 Å². The first kappa shape index (κ1) is 14.0. The van der Waals surface area contributed by atoms with Crippen molar-refractivity contribution in [3.63, 3.8) is 0 Å². The van der Waals surface area contributed by atoms with Gasteiger partial charge in [0.2, 0.25) is 0 Å². The van der Waals surface area contributed by atoms with Crippen LogP contribution in [-0.2, 0) is 0 Å². The Morgan fingerprint density at radius 3 is 2.84 bits per heavy atom. The molecule has 0 saturated carbocycles. The third-order valence-corrected chi connectivity index (χ3v) is 3.52. The van der Waals surface area contributed by atoms with Crippen molar-refractivity contribution in [1.29, 1.82) is 0 Å². The lowest BCUT2D eigenvalue weighted by Crippen LogP contribution is -2.09. The van der Waals surface area contributed by atoms with Crippen molar-refractivity contribution in [2.75, 3.05) is 5.73 Å². The fraction of sp³-hybridized carbons (Fsp3) is 0.462. The minimum atomic E-state index is 0.283. The number of hydrogen-bond acceptors (Lipinski definition) is 4. The molecule has 0 amide bonds. The first-order chi connectivity index (χ1) is 9.11. The summed E-state index contributed by atoms with van der Waals surface area (Å²) in [5.74, 6) is 0.761. The number of aromatic nitrogens is 4. The fourth-order valence-corrected chi connectivity index (χ4v) is 2.55. The Balaban J connectivity index is 2.32. The molecular formula is C13H18BrN5. The standard InChI is InChI=1S/C13H18BrN5/c1-3-4-5-9(2)19-13(16-17-18-19)10-6-11(14)8-12(15)7-10/h6-9H,3-5,15H2,1-2H3. The van der Waals surface area contributed by atoms with Gasteiger partial charge in [-0.2, -0.15) is 0 Å². The Hall–Kier alpha value is -1.43. The molecule has 1 atom stereocenters. The van der Waals surface area contributed by atoms with E-state index in [2.05, 4.69) is 45.3 Å². The highest BCUT2D eigenvalue weighted by Gasteiger charge is 2.15. The topological polar surface area (TPSA) is 69.6 Å². The van der Waals surface area contributed by atoms with Gasteiger partial charge in [0.15, 0.2) is 5.82 Å². The third kappa shape index (κ3) is 3.32. The van der Waals surface area contributed by atoms with E-state index in [-0.39, 0.29) is 6.04 Å².